The van der Waals surface area contributed by atoms with E-state index in [0.29, 0.717) is 29.2 Å². The second kappa shape index (κ2) is 7.83. The average Bonchev–Trinajstić information content (AvgIpc) is 2.80. The first-order chi connectivity index (χ1) is 9.60. The Labute approximate surface area is 128 Å². The maximum absolute atomic E-state index is 12.5. The summed E-state index contributed by atoms with van der Waals surface area (Å²) in [7, 11) is 0. The lowest BCUT2D eigenvalue weighted by Crippen LogP contribution is -2.00. The summed E-state index contributed by atoms with van der Waals surface area (Å²) in [6.45, 7) is 2.18. The minimum atomic E-state index is -2.62. The molecule has 0 aliphatic carbocycles. The highest BCUT2D eigenvalue weighted by atomic mass is 35.5. The molecule has 0 saturated carbocycles. The van der Waals surface area contributed by atoms with Gasteiger partial charge in [-0.05, 0) is 31.5 Å². The van der Waals surface area contributed by atoms with Gasteiger partial charge in [-0.25, -0.2) is 4.68 Å². The van der Waals surface area contributed by atoms with Crippen LogP contribution < -0.4 is 10.1 Å². The average molecular weight is 318 g/mol. The molecule has 21 heavy (non-hydrogen) atoms. The summed E-state index contributed by atoms with van der Waals surface area (Å²) in [6.07, 6.45) is 1.31. The molecule has 1 heterocycles. The zero-order valence-corrected chi connectivity index (χ0v) is 12.7. The van der Waals surface area contributed by atoms with E-state index in [1.165, 1.54) is 6.20 Å². The molecule has 0 bridgehead atoms. The number of hydrogen-bond donors (Lipinski definition) is 1. The van der Waals surface area contributed by atoms with Crippen molar-refractivity contribution in [3.8, 4) is 5.75 Å². The van der Waals surface area contributed by atoms with Crippen molar-refractivity contribution in [2.24, 2.45) is 0 Å². The highest BCUT2D eigenvalue weighted by molar-refractivity contribution is 5.85. The van der Waals surface area contributed by atoms with Crippen LogP contribution in [0.5, 0.6) is 5.75 Å². The molecule has 2 rings (SSSR count). The summed E-state index contributed by atoms with van der Waals surface area (Å²) >= 11 is 0. The number of halogens is 3. The van der Waals surface area contributed by atoms with E-state index < -0.39 is 6.55 Å². The van der Waals surface area contributed by atoms with Crippen LogP contribution >= 0.6 is 12.4 Å². The third-order valence-electron chi connectivity index (χ3n) is 2.83. The van der Waals surface area contributed by atoms with E-state index in [9.17, 15) is 8.78 Å². The Morgan fingerprint density at radius 2 is 1.95 bits per heavy atom. The van der Waals surface area contributed by atoms with Crippen LogP contribution in [0.1, 0.15) is 24.7 Å². The van der Waals surface area contributed by atoms with Crippen molar-refractivity contribution in [2.75, 3.05) is 11.9 Å². The van der Waals surface area contributed by atoms with Crippen molar-refractivity contribution >= 4 is 18.1 Å². The topological polar surface area (TPSA) is 39.1 Å². The molecular formula is C14H18ClF2N3O. The van der Waals surface area contributed by atoms with Crippen molar-refractivity contribution in [1.29, 1.82) is 0 Å². The molecule has 2 aromatic rings. The molecule has 0 saturated heterocycles. The fraction of sp³-hybridized carbons (Fsp3) is 0.357. The molecular weight excluding hydrogens is 300 g/mol. The molecule has 0 atom stereocenters. The molecule has 1 aromatic carbocycles. The fourth-order valence-electron chi connectivity index (χ4n) is 1.82. The number of ether oxygens (including phenoxy) is 1. The van der Waals surface area contributed by atoms with Crippen molar-refractivity contribution in [2.45, 2.75) is 26.9 Å². The van der Waals surface area contributed by atoms with Crippen LogP contribution in [0.3, 0.4) is 0 Å². The maximum atomic E-state index is 12.5. The van der Waals surface area contributed by atoms with E-state index in [2.05, 4.69) is 10.4 Å². The van der Waals surface area contributed by atoms with Gasteiger partial charge in [0.25, 0.3) is 0 Å². The first-order valence-corrected chi connectivity index (χ1v) is 6.39. The van der Waals surface area contributed by atoms with Crippen LogP contribution in [0, 0.1) is 6.92 Å². The molecule has 0 aliphatic rings. The van der Waals surface area contributed by atoms with Crippen molar-refractivity contribution < 1.29 is 13.5 Å². The van der Waals surface area contributed by atoms with Crippen LogP contribution in [0.15, 0.2) is 30.5 Å². The normalized spacial score (nSPS) is 10.3. The van der Waals surface area contributed by atoms with Crippen LogP contribution in [0.2, 0.25) is 0 Å². The fourth-order valence-corrected chi connectivity index (χ4v) is 1.82. The first-order valence-electron chi connectivity index (χ1n) is 6.39. The predicted octanol–water partition coefficient (Wildman–Crippen LogP) is 4.02. The molecule has 0 fully saturated rings. The molecule has 0 aliphatic heterocycles. The van der Waals surface area contributed by atoms with Gasteiger partial charge in [0.05, 0.1) is 24.2 Å². The van der Waals surface area contributed by atoms with Gasteiger partial charge in [-0.3, -0.25) is 0 Å². The SMILES string of the molecule is CCOc1ccc(CNc2cn(C(F)F)nc2C)cc1.Cl. The first kappa shape index (κ1) is 17.2. The van der Waals surface area contributed by atoms with E-state index in [1.807, 2.05) is 31.2 Å². The molecule has 0 unspecified atom stereocenters. The van der Waals surface area contributed by atoms with E-state index >= 15 is 0 Å². The number of hydrogen-bond acceptors (Lipinski definition) is 3. The monoisotopic (exact) mass is 317 g/mol. The third kappa shape index (κ3) is 4.60. The third-order valence-corrected chi connectivity index (χ3v) is 2.83. The molecule has 0 radical (unpaired) electrons. The second-order valence-corrected chi connectivity index (χ2v) is 4.32. The Bertz CT molecular complexity index is 558. The summed E-state index contributed by atoms with van der Waals surface area (Å²) in [6, 6.07) is 7.64. The molecule has 7 heteroatoms. The largest absolute Gasteiger partial charge is 0.494 e. The quantitative estimate of drug-likeness (QED) is 0.874. The number of nitrogens with zero attached hydrogens (tertiary/aromatic N) is 2. The number of nitrogens with one attached hydrogen (secondary N) is 1. The number of aromatic nitrogens is 2. The highest BCUT2D eigenvalue weighted by Gasteiger charge is 2.10. The number of benzene rings is 1. The summed E-state index contributed by atoms with van der Waals surface area (Å²) in [5.41, 5.74) is 2.20. The smallest absolute Gasteiger partial charge is 0.333 e. The molecule has 0 amide bonds. The second-order valence-electron chi connectivity index (χ2n) is 4.32. The number of rotatable bonds is 6. The van der Waals surface area contributed by atoms with Crippen LogP contribution in [-0.4, -0.2) is 16.4 Å². The van der Waals surface area contributed by atoms with Gasteiger partial charge in [0, 0.05) is 6.54 Å². The van der Waals surface area contributed by atoms with Crippen molar-refractivity contribution in [1.82, 2.24) is 9.78 Å². The number of anilines is 1. The van der Waals surface area contributed by atoms with E-state index in [4.69, 9.17) is 4.74 Å². The predicted molar refractivity (Wildman–Crippen MR) is 80.4 cm³/mol. The van der Waals surface area contributed by atoms with Gasteiger partial charge in [0.1, 0.15) is 5.75 Å². The minimum Gasteiger partial charge on any atom is -0.494 e. The highest BCUT2D eigenvalue weighted by Crippen LogP contribution is 2.19. The van der Waals surface area contributed by atoms with Crippen LogP contribution in [0.4, 0.5) is 14.5 Å². The Kier molecular flexibility index (Phi) is 6.42. The lowest BCUT2D eigenvalue weighted by atomic mass is 10.2. The zero-order chi connectivity index (χ0) is 14.5. The lowest BCUT2D eigenvalue weighted by molar-refractivity contribution is 0.0563. The zero-order valence-electron chi connectivity index (χ0n) is 11.8. The van der Waals surface area contributed by atoms with E-state index in [1.54, 1.807) is 6.92 Å². The summed E-state index contributed by atoms with van der Waals surface area (Å²) in [4.78, 5) is 0. The molecule has 116 valence electrons. The number of alkyl halides is 2. The van der Waals surface area contributed by atoms with Crippen molar-refractivity contribution in [3.63, 3.8) is 0 Å². The number of aryl methyl sites for hydroxylation is 1. The molecule has 1 aromatic heterocycles. The summed E-state index contributed by atoms with van der Waals surface area (Å²) in [5.74, 6) is 0.818. The Hall–Kier alpha value is -1.82. The molecule has 4 nitrogen and oxygen atoms in total. The van der Waals surface area contributed by atoms with E-state index in [-0.39, 0.29) is 12.4 Å². The Balaban J connectivity index is 0.00000220. The van der Waals surface area contributed by atoms with Gasteiger partial charge in [-0.2, -0.15) is 13.9 Å². The van der Waals surface area contributed by atoms with Gasteiger partial charge in [-0.1, -0.05) is 12.1 Å². The van der Waals surface area contributed by atoms with Crippen molar-refractivity contribution in [3.05, 3.63) is 41.7 Å². The summed E-state index contributed by atoms with van der Waals surface area (Å²) in [5, 5.41) is 6.84. The molecule has 0 spiro atoms. The lowest BCUT2D eigenvalue weighted by Gasteiger charge is -2.07. The Morgan fingerprint density at radius 1 is 1.29 bits per heavy atom. The van der Waals surface area contributed by atoms with Gasteiger partial charge in [-0.15, -0.1) is 12.4 Å². The van der Waals surface area contributed by atoms with Gasteiger partial charge in [0.15, 0.2) is 0 Å². The summed E-state index contributed by atoms with van der Waals surface area (Å²) < 4.78 is 31.0. The minimum absolute atomic E-state index is 0. The van der Waals surface area contributed by atoms with Crippen LogP contribution in [0.25, 0.3) is 0 Å². The maximum Gasteiger partial charge on any atom is 0.333 e. The van der Waals surface area contributed by atoms with Gasteiger partial charge >= 0.3 is 6.55 Å². The van der Waals surface area contributed by atoms with Gasteiger partial charge in [0.2, 0.25) is 0 Å². The van der Waals surface area contributed by atoms with Gasteiger partial charge < -0.3 is 10.1 Å². The van der Waals surface area contributed by atoms with Crippen LogP contribution in [-0.2, 0) is 6.54 Å². The van der Waals surface area contributed by atoms with E-state index in [0.717, 1.165) is 11.3 Å². The Morgan fingerprint density at radius 3 is 2.48 bits per heavy atom. The molecule has 1 N–H and O–H groups in total. The standard InChI is InChI=1S/C14H17F2N3O.ClH/c1-3-20-12-6-4-11(5-7-12)8-17-13-9-19(14(15)16)18-10(13)2;/h4-7,9,14,17H,3,8H2,1-2H3;1H.